The third-order valence-corrected chi connectivity index (χ3v) is 2.70. The van der Waals surface area contributed by atoms with E-state index in [0.29, 0.717) is 6.54 Å². The van der Waals surface area contributed by atoms with Gasteiger partial charge in [0, 0.05) is 19.1 Å². The minimum Gasteiger partial charge on any atom is -0.497 e. The van der Waals surface area contributed by atoms with Gasteiger partial charge in [-0.05, 0) is 45.4 Å². The van der Waals surface area contributed by atoms with Gasteiger partial charge >= 0.3 is 6.09 Å². The van der Waals surface area contributed by atoms with Gasteiger partial charge in [0.15, 0.2) is 0 Å². The Labute approximate surface area is 127 Å². The zero-order valence-electron chi connectivity index (χ0n) is 13.5. The molecule has 1 aromatic carbocycles. The molecular weight excluding hydrogens is 268 g/mol. The van der Waals surface area contributed by atoms with Crippen molar-refractivity contribution < 1.29 is 14.3 Å². The molecule has 1 amide bonds. The van der Waals surface area contributed by atoms with Crippen molar-refractivity contribution in [2.45, 2.75) is 45.9 Å². The van der Waals surface area contributed by atoms with Crippen molar-refractivity contribution in [2.24, 2.45) is 0 Å². The van der Waals surface area contributed by atoms with Crippen LogP contribution in [-0.2, 0) is 11.3 Å². The normalized spacial score (nSPS) is 12.6. The fraction of sp³-hybridized carbons (Fsp3) is 0.562. The second kappa shape index (κ2) is 7.88. The fourth-order valence-corrected chi connectivity index (χ4v) is 1.74. The summed E-state index contributed by atoms with van der Waals surface area (Å²) in [4.78, 5) is 11.6. The van der Waals surface area contributed by atoms with Gasteiger partial charge in [-0.3, -0.25) is 0 Å². The zero-order chi connectivity index (χ0) is 15.9. The van der Waals surface area contributed by atoms with Crippen LogP contribution in [-0.4, -0.2) is 31.4 Å². The highest BCUT2D eigenvalue weighted by atomic mass is 16.6. The van der Waals surface area contributed by atoms with E-state index in [9.17, 15) is 4.79 Å². The van der Waals surface area contributed by atoms with E-state index in [4.69, 9.17) is 9.47 Å². The van der Waals surface area contributed by atoms with Crippen LogP contribution in [0.15, 0.2) is 24.3 Å². The lowest BCUT2D eigenvalue weighted by Gasteiger charge is -2.22. The van der Waals surface area contributed by atoms with Gasteiger partial charge in [-0.1, -0.05) is 12.1 Å². The van der Waals surface area contributed by atoms with Crippen LogP contribution in [0.3, 0.4) is 0 Å². The molecule has 0 aromatic heterocycles. The number of benzene rings is 1. The van der Waals surface area contributed by atoms with E-state index in [1.165, 1.54) is 5.56 Å². The number of alkyl carbamates (subject to hydrolysis) is 1. The van der Waals surface area contributed by atoms with Crippen LogP contribution in [0, 0.1) is 0 Å². The molecule has 0 bridgehead atoms. The number of amides is 1. The first kappa shape index (κ1) is 17.3. The molecule has 5 heteroatoms. The molecule has 0 radical (unpaired) electrons. The van der Waals surface area contributed by atoms with Crippen LogP contribution in [0.1, 0.15) is 33.3 Å². The smallest absolute Gasteiger partial charge is 0.407 e. The molecule has 0 aliphatic carbocycles. The lowest BCUT2D eigenvalue weighted by molar-refractivity contribution is 0.0508. The topological polar surface area (TPSA) is 59.6 Å². The Morgan fingerprint density at radius 3 is 2.38 bits per heavy atom. The molecule has 1 aromatic rings. The predicted octanol–water partition coefficient (Wildman–Crippen LogP) is 2.70. The quantitative estimate of drug-likeness (QED) is 0.847. The number of nitrogens with one attached hydrogen (secondary N) is 2. The highest BCUT2D eigenvalue weighted by molar-refractivity contribution is 5.68. The number of carbonyl (C=O) groups excluding carboxylic acids is 1. The Bertz CT molecular complexity index is 438. The summed E-state index contributed by atoms with van der Waals surface area (Å²) in [5.74, 6) is 0.846. The number of rotatable bonds is 6. The van der Waals surface area contributed by atoms with Crippen molar-refractivity contribution in [3.8, 4) is 5.75 Å². The molecule has 1 rings (SSSR count). The predicted molar refractivity (Wildman–Crippen MR) is 83.5 cm³/mol. The van der Waals surface area contributed by atoms with Gasteiger partial charge in [0.25, 0.3) is 0 Å². The summed E-state index contributed by atoms with van der Waals surface area (Å²) >= 11 is 0. The molecule has 0 fully saturated rings. The lowest BCUT2D eigenvalue weighted by atomic mass is 10.2. The van der Waals surface area contributed by atoms with Gasteiger partial charge in [-0.25, -0.2) is 4.79 Å². The Morgan fingerprint density at radius 2 is 1.86 bits per heavy atom. The largest absolute Gasteiger partial charge is 0.497 e. The maximum absolute atomic E-state index is 11.6. The molecule has 0 saturated carbocycles. The van der Waals surface area contributed by atoms with E-state index in [1.54, 1.807) is 7.11 Å². The number of ether oxygens (including phenoxy) is 2. The summed E-state index contributed by atoms with van der Waals surface area (Å²) in [6.07, 6.45) is -0.388. The van der Waals surface area contributed by atoms with E-state index >= 15 is 0 Å². The third-order valence-electron chi connectivity index (χ3n) is 2.70. The lowest BCUT2D eigenvalue weighted by Crippen LogP contribution is -2.42. The third kappa shape index (κ3) is 7.56. The Balaban J connectivity index is 2.26. The highest BCUT2D eigenvalue weighted by Crippen LogP contribution is 2.11. The van der Waals surface area contributed by atoms with Crippen molar-refractivity contribution >= 4 is 6.09 Å². The van der Waals surface area contributed by atoms with Crippen molar-refractivity contribution in [3.05, 3.63) is 29.8 Å². The van der Waals surface area contributed by atoms with E-state index in [0.717, 1.165) is 12.3 Å². The fourth-order valence-electron chi connectivity index (χ4n) is 1.74. The van der Waals surface area contributed by atoms with Crippen LogP contribution in [0.5, 0.6) is 5.75 Å². The summed E-state index contributed by atoms with van der Waals surface area (Å²) in [7, 11) is 1.65. The first-order valence-corrected chi connectivity index (χ1v) is 7.13. The summed E-state index contributed by atoms with van der Waals surface area (Å²) in [6, 6.07) is 7.88. The first-order valence-electron chi connectivity index (χ1n) is 7.13. The maximum Gasteiger partial charge on any atom is 0.407 e. The van der Waals surface area contributed by atoms with Crippen LogP contribution >= 0.6 is 0 Å². The second-order valence-corrected chi connectivity index (χ2v) is 6.03. The highest BCUT2D eigenvalue weighted by Gasteiger charge is 2.17. The average molecular weight is 294 g/mol. The minimum absolute atomic E-state index is 0.00176. The molecular formula is C16H26N2O3. The van der Waals surface area contributed by atoms with Crippen molar-refractivity contribution in [1.29, 1.82) is 0 Å². The SMILES string of the molecule is COc1ccc(CNCC(C)NC(=O)OC(C)(C)C)cc1. The van der Waals surface area contributed by atoms with Crippen molar-refractivity contribution in [1.82, 2.24) is 10.6 Å². The van der Waals surface area contributed by atoms with Gasteiger partial charge in [-0.15, -0.1) is 0 Å². The number of hydrogen-bond acceptors (Lipinski definition) is 4. The van der Waals surface area contributed by atoms with Crippen LogP contribution in [0.2, 0.25) is 0 Å². The minimum atomic E-state index is -0.472. The summed E-state index contributed by atoms with van der Waals surface area (Å²) in [5, 5.41) is 6.09. The molecule has 0 aliphatic heterocycles. The summed E-state index contributed by atoms with van der Waals surface area (Å²) in [6.45, 7) is 8.89. The summed E-state index contributed by atoms with van der Waals surface area (Å²) < 4.78 is 10.3. The van der Waals surface area contributed by atoms with Gasteiger partial charge < -0.3 is 20.1 Å². The Kier molecular flexibility index (Phi) is 6.49. The van der Waals surface area contributed by atoms with Crippen molar-refractivity contribution in [3.63, 3.8) is 0 Å². The molecule has 2 N–H and O–H groups in total. The van der Waals surface area contributed by atoms with Crippen LogP contribution in [0.4, 0.5) is 4.79 Å². The number of carbonyl (C=O) groups is 1. The number of hydrogen-bond donors (Lipinski definition) is 2. The molecule has 118 valence electrons. The molecule has 1 atom stereocenters. The first-order chi connectivity index (χ1) is 9.80. The van der Waals surface area contributed by atoms with Crippen LogP contribution in [0.25, 0.3) is 0 Å². The monoisotopic (exact) mass is 294 g/mol. The van der Waals surface area contributed by atoms with E-state index in [1.807, 2.05) is 52.0 Å². The van der Waals surface area contributed by atoms with Gasteiger partial charge in [0.05, 0.1) is 7.11 Å². The second-order valence-electron chi connectivity index (χ2n) is 6.03. The summed E-state index contributed by atoms with van der Waals surface area (Å²) in [5.41, 5.74) is 0.695. The van der Waals surface area contributed by atoms with E-state index in [-0.39, 0.29) is 12.1 Å². The standard InChI is InChI=1S/C16H26N2O3/c1-12(18-15(19)21-16(2,3)4)10-17-11-13-6-8-14(20-5)9-7-13/h6-9,12,17H,10-11H2,1-5H3,(H,18,19). The van der Waals surface area contributed by atoms with Crippen molar-refractivity contribution in [2.75, 3.05) is 13.7 Å². The van der Waals surface area contributed by atoms with Gasteiger partial charge in [0.2, 0.25) is 0 Å². The molecule has 0 saturated heterocycles. The molecule has 0 aliphatic rings. The molecule has 5 nitrogen and oxygen atoms in total. The Morgan fingerprint density at radius 1 is 1.24 bits per heavy atom. The van der Waals surface area contributed by atoms with Gasteiger partial charge in [0.1, 0.15) is 11.4 Å². The van der Waals surface area contributed by atoms with E-state index in [2.05, 4.69) is 10.6 Å². The van der Waals surface area contributed by atoms with E-state index < -0.39 is 5.60 Å². The molecule has 1 unspecified atom stereocenters. The molecule has 21 heavy (non-hydrogen) atoms. The van der Waals surface area contributed by atoms with Gasteiger partial charge in [-0.2, -0.15) is 0 Å². The zero-order valence-corrected chi connectivity index (χ0v) is 13.5. The average Bonchev–Trinajstić information content (AvgIpc) is 2.37. The van der Waals surface area contributed by atoms with Crippen LogP contribution < -0.4 is 15.4 Å². The maximum atomic E-state index is 11.6. The molecule has 0 spiro atoms. The number of methoxy groups -OCH3 is 1. The molecule has 0 heterocycles. The Hall–Kier alpha value is -1.75.